The Kier molecular flexibility index (Phi) is 5.74. The number of imidazole rings is 1. The van der Waals surface area contributed by atoms with Gasteiger partial charge in [0.2, 0.25) is 0 Å². The molecule has 152 valence electrons. The topological polar surface area (TPSA) is 77.8 Å². The van der Waals surface area contributed by atoms with Crippen molar-refractivity contribution in [2.24, 2.45) is 0 Å². The Morgan fingerprint density at radius 3 is 2.80 bits per heavy atom. The fourth-order valence-corrected chi connectivity index (χ4v) is 3.09. The van der Waals surface area contributed by atoms with Crippen LogP contribution in [0.15, 0.2) is 61.1 Å². The van der Waals surface area contributed by atoms with Gasteiger partial charge in [0, 0.05) is 30.3 Å². The second-order valence-electron chi connectivity index (χ2n) is 6.30. The van der Waals surface area contributed by atoms with Gasteiger partial charge in [-0.05, 0) is 30.3 Å². The number of amides is 1. The number of hydrogen-bond donors (Lipinski definition) is 1. The number of pyridine rings is 2. The molecule has 0 saturated heterocycles. The molecule has 0 atom stereocenters. The minimum atomic E-state index is -0.377. The van der Waals surface area contributed by atoms with Gasteiger partial charge in [-0.15, -0.1) is 0 Å². The van der Waals surface area contributed by atoms with Gasteiger partial charge in [-0.1, -0.05) is 29.3 Å². The molecule has 0 spiro atoms. The molecule has 0 aliphatic rings. The van der Waals surface area contributed by atoms with E-state index in [1.165, 1.54) is 12.3 Å². The Balaban J connectivity index is 1.51. The number of halogens is 2. The lowest BCUT2D eigenvalue weighted by molar-refractivity contribution is 0.102. The Labute approximate surface area is 182 Å². The van der Waals surface area contributed by atoms with E-state index < -0.39 is 0 Å². The maximum Gasteiger partial charge on any atom is 0.257 e. The number of rotatable bonds is 6. The number of fused-ring (bicyclic) bond motifs is 1. The summed E-state index contributed by atoms with van der Waals surface area (Å²) in [5, 5.41) is 3.12. The normalized spacial score (nSPS) is 10.8. The van der Waals surface area contributed by atoms with E-state index >= 15 is 0 Å². The van der Waals surface area contributed by atoms with Crippen LogP contribution in [0.5, 0.6) is 11.5 Å². The molecular formula is C21H16Cl2N4O3. The first kappa shape index (κ1) is 20.0. The van der Waals surface area contributed by atoms with E-state index in [9.17, 15) is 4.79 Å². The van der Waals surface area contributed by atoms with E-state index in [4.69, 9.17) is 32.7 Å². The van der Waals surface area contributed by atoms with Crippen molar-refractivity contribution in [1.29, 1.82) is 0 Å². The fourth-order valence-electron chi connectivity index (χ4n) is 2.82. The zero-order chi connectivity index (χ0) is 21.1. The third kappa shape index (κ3) is 4.32. The van der Waals surface area contributed by atoms with Gasteiger partial charge in [0.15, 0.2) is 11.5 Å². The number of hydrogen-bond acceptors (Lipinski definition) is 5. The monoisotopic (exact) mass is 442 g/mol. The molecule has 0 aliphatic heterocycles. The van der Waals surface area contributed by atoms with Crippen LogP contribution in [0, 0.1) is 0 Å². The van der Waals surface area contributed by atoms with Crippen molar-refractivity contribution in [1.82, 2.24) is 14.4 Å². The number of methoxy groups -OCH3 is 1. The molecule has 1 N–H and O–H groups in total. The molecular weight excluding hydrogens is 427 g/mol. The predicted octanol–water partition coefficient (Wildman–Crippen LogP) is 4.88. The minimum Gasteiger partial charge on any atom is -0.493 e. The number of carbonyl (C=O) groups excluding carboxylic acids is 1. The van der Waals surface area contributed by atoms with Crippen molar-refractivity contribution < 1.29 is 14.3 Å². The standard InChI is InChI=1S/C21H16Cl2N4O3/c1-29-17-6-5-14(26-21(28)13-8-16(22)20(23)24-10-13)9-18(17)30-12-15-11-27-7-3-2-4-19(27)25-15/h2-11H,12H2,1H3,(H,26,28). The summed E-state index contributed by atoms with van der Waals surface area (Å²) < 4.78 is 13.2. The van der Waals surface area contributed by atoms with Crippen LogP contribution in [0.4, 0.5) is 5.69 Å². The molecule has 3 heterocycles. The van der Waals surface area contributed by atoms with E-state index in [0.717, 1.165) is 11.3 Å². The Morgan fingerprint density at radius 2 is 2.03 bits per heavy atom. The lowest BCUT2D eigenvalue weighted by Crippen LogP contribution is -2.12. The highest BCUT2D eigenvalue weighted by Crippen LogP contribution is 2.31. The Bertz CT molecular complexity index is 1190. The van der Waals surface area contributed by atoms with E-state index in [0.29, 0.717) is 17.2 Å². The summed E-state index contributed by atoms with van der Waals surface area (Å²) in [6.45, 7) is 0.242. The molecule has 7 nitrogen and oxygen atoms in total. The zero-order valence-electron chi connectivity index (χ0n) is 15.8. The first-order chi connectivity index (χ1) is 14.5. The number of anilines is 1. The van der Waals surface area contributed by atoms with Gasteiger partial charge in [-0.3, -0.25) is 4.79 Å². The maximum absolute atomic E-state index is 12.5. The highest BCUT2D eigenvalue weighted by atomic mass is 35.5. The lowest BCUT2D eigenvalue weighted by Gasteiger charge is -2.12. The van der Waals surface area contributed by atoms with E-state index in [2.05, 4.69) is 15.3 Å². The zero-order valence-corrected chi connectivity index (χ0v) is 17.3. The molecule has 0 saturated carbocycles. The van der Waals surface area contributed by atoms with Crippen LogP contribution >= 0.6 is 23.2 Å². The number of benzene rings is 1. The third-order valence-corrected chi connectivity index (χ3v) is 4.96. The van der Waals surface area contributed by atoms with Crippen molar-refractivity contribution in [3.05, 3.63) is 82.5 Å². The minimum absolute atomic E-state index is 0.139. The second-order valence-corrected chi connectivity index (χ2v) is 7.07. The van der Waals surface area contributed by atoms with Crippen molar-refractivity contribution >= 4 is 40.4 Å². The number of nitrogens with one attached hydrogen (secondary N) is 1. The third-order valence-electron chi connectivity index (χ3n) is 4.27. The van der Waals surface area contributed by atoms with Crippen LogP contribution < -0.4 is 14.8 Å². The molecule has 0 unspecified atom stereocenters. The summed E-state index contributed by atoms with van der Waals surface area (Å²) >= 11 is 11.7. The SMILES string of the molecule is COc1ccc(NC(=O)c2cnc(Cl)c(Cl)c2)cc1OCc1cn2ccccc2n1. The largest absolute Gasteiger partial charge is 0.493 e. The quantitative estimate of drug-likeness (QED) is 0.430. The number of ether oxygens (including phenoxy) is 2. The highest BCUT2D eigenvalue weighted by molar-refractivity contribution is 6.41. The van der Waals surface area contributed by atoms with Gasteiger partial charge in [0.25, 0.3) is 5.91 Å². The van der Waals surface area contributed by atoms with Crippen molar-refractivity contribution in [2.75, 3.05) is 12.4 Å². The average molecular weight is 443 g/mol. The van der Waals surface area contributed by atoms with Crippen molar-refractivity contribution in [3.63, 3.8) is 0 Å². The summed E-state index contributed by atoms with van der Waals surface area (Å²) in [4.78, 5) is 20.9. The van der Waals surface area contributed by atoms with Gasteiger partial charge in [0.05, 0.1) is 23.4 Å². The first-order valence-corrected chi connectivity index (χ1v) is 9.65. The summed E-state index contributed by atoms with van der Waals surface area (Å²) in [7, 11) is 1.55. The van der Waals surface area contributed by atoms with Crippen LogP contribution in [0.2, 0.25) is 10.2 Å². The van der Waals surface area contributed by atoms with Crippen molar-refractivity contribution in [2.45, 2.75) is 6.61 Å². The van der Waals surface area contributed by atoms with Gasteiger partial charge in [-0.2, -0.15) is 0 Å². The molecule has 9 heteroatoms. The summed E-state index contributed by atoms with van der Waals surface area (Å²) in [6.07, 6.45) is 5.17. The van der Waals surface area contributed by atoms with Crippen LogP contribution in [0.3, 0.4) is 0 Å². The molecule has 0 aliphatic carbocycles. The smallest absolute Gasteiger partial charge is 0.257 e. The van der Waals surface area contributed by atoms with Gasteiger partial charge < -0.3 is 19.2 Å². The van der Waals surface area contributed by atoms with Crippen LogP contribution in [-0.2, 0) is 6.61 Å². The van der Waals surface area contributed by atoms with Crippen LogP contribution in [-0.4, -0.2) is 27.4 Å². The average Bonchev–Trinajstić information content (AvgIpc) is 3.17. The van der Waals surface area contributed by atoms with Gasteiger partial charge in [-0.25, -0.2) is 9.97 Å². The van der Waals surface area contributed by atoms with Crippen LogP contribution in [0.1, 0.15) is 16.1 Å². The summed E-state index contributed by atoms with van der Waals surface area (Å²) in [5.74, 6) is 0.630. The number of carbonyl (C=O) groups is 1. The predicted molar refractivity (Wildman–Crippen MR) is 115 cm³/mol. The molecule has 1 amide bonds. The maximum atomic E-state index is 12.5. The lowest BCUT2D eigenvalue weighted by atomic mass is 10.2. The van der Waals surface area contributed by atoms with E-state index in [1.807, 2.05) is 35.0 Å². The molecule has 30 heavy (non-hydrogen) atoms. The Morgan fingerprint density at radius 1 is 1.17 bits per heavy atom. The second kappa shape index (κ2) is 8.61. The first-order valence-electron chi connectivity index (χ1n) is 8.89. The molecule has 3 aromatic heterocycles. The van der Waals surface area contributed by atoms with Gasteiger partial charge in [0.1, 0.15) is 17.4 Å². The molecule has 0 radical (unpaired) electrons. The molecule has 4 aromatic rings. The van der Waals surface area contributed by atoms with Crippen molar-refractivity contribution in [3.8, 4) is 11.5 Å². The number of nitrogens with zero attached hydrogens (tertiary/aromatic N) is 3. The Hall–Kier alpha value is -3.29. The van der Waals surface area contributed by atoms with Crippen LogP contribution in [0.25, 0.3) is 5.65 Å². The summed E-state index contributed by atoms with van der Waals surface area (Å²) in [5.41, 5.74) is 2.41. The molecule has 4 rings (SSSR count). The van der Waals surface area contributed by atoms with Gasteiger partial charge >= 0.3 is 0 Å². The van der Waals surface area contributed by atoms with E-state index in [-0.39, 0.29) is 28.3 Å². The molecule has 1 aromatic carbocycles. The molecule has 0 fully saturated rings. The molecule has 0 bridgehead atoms. The number of aromatic nitrogens is 3. The van der Waals surface area contributed by atoms with E-state index in [1.54, 1.807) is 25.3 Å². The fraction of sp³-hybridized carbons (Fsp3) is 0.0952. The highest BCUT2D eigenvalue weighted by Gasteiger charge is 2.13. The summed E-state index contributed by atoms with van der Waals surface area (Å²) in [6, 6.07) is 12.3.